The van der Waals surface area contributed by atoms with Crippen molar-refractivity contribution >= 4 is 23.2 Å². The minimum Gasteiger partial charge on any atom is -0.351 e. The van der Waals surface area contributed by atoms with Gasteiger partial charge in [-0.25, -0.2) is 0 Å². The van der Waals surface area contributed by atoms with Gasteiger partial charge in [-0.3, -0.25) is 0 Å². The van der Waals surface area contributed by atoms with E-state index >= 15 is 0 Å². The summed E-state index contributed by atoms with van der Waals surface area (Å²) in [7, 11) is 0. The number of ether oxygens (including phenoxy) is 2. The number of hydrogen-bond donors (Lipinski definition) is 1. The van der Waals surface area contributed by atoms with E-state index in [1.54, 1.807) is 6.07 Å². The number of benzene rings is 1. The zero-order chi connectivity index (χ0) is 15.7. The van der Waals surface area contributed by atoms with Crippen LogP contribution in [0.25, 0.3) is 0 Å². The molecule has 0 aromatic heterocycles. The van der Waals surface area contributed by atoms with E-state index in [1.807, 2.05) is 26.0 Å². The second kappa shape index (κ2) is 10.4. The third-order valence-electron chi connectivity index (χ3n) is 3.10. The van der Waals surface area contributed by atoms with Crippen LogP contribution in [-0.2, 0) is 15.9 Å². The van der Waals surface area contributed by atoms with Gasteiger partial charge < -0.3 is 14.8 Å². The van der Waals surface area contributed by atoms with E-state index in [-0.39, 0.29) is 12.3 Å². The molecule has 3 nitrogen and oxygen atoms in total. The molecule has 0 saturated carbocycles. The van der Waals surface area contributed by atoms with Gasteiger partial charge in [-0.2, -0.15) is 0 Å². The molecule has 0 amide bonds. The van der Waals surface area contributed by atoms with Crippen LogP contribution in [0.3, 0.4) is 0 Å². The van der Waals surface area contributed by atoms with Gasteiger partial charge in [-0.05, 0) is 50.9 Å². The summed E-state index contributed by atoms with van der Waals surface area (Å²) in [6.45, 7) is 8.21. The molecule has 1 unspecified atom stereocenters. The summed E-state index contributed by atoms with van der Waals surface area (Å²) in [6, 6.07) is 5.64. The predicted molar refractivity (Wildman–Crippen MR) is 89.3 cm³/mol. The maximum Gasteiger partial charge on any atom is 0.172 e. The maximum atomic E-state index is 6.27. The molecule has 120 valence electrons. The highest BCUT2D eigenvalue weighted by atomic mass is 35.5. The average Bonchev–Trinajstić information content (AvgIpc) is 2.45. The lowest BCUT2D eigenvalue weighted by molar-refractivity contribution is -0.153. The zero-order valence-corrected chi connectivity index (χ0v) is 14.5. The Balaban J connectivity index is 2.84. The van der Waals surface area contributed by atoms with Crippen molar-refractivity contribution < 1.29 is 9.47 Å². The summed E-state index contributed by atoms with van der Waals surface area (Å²) in [6.07, 6.45) is 1.51. The lowest BCUT2D eigenvalue weighted by atomic mass is 10.0. The van der Waals surface area contributed by atoms with Gasteiger partial charge in [0, 0.05) is 23.3 Å². The minimum atomic E-state index is -0.279. The van der Waals surface area contributed by atoms with Crippen LogP contribution < -0.4 is 5.32 Å². The molecule has 5 heteroatoms. The van der Waals surface area contributed by atoms with Crippen molar-refractivity contribution in [2.24, 2.45) is 0 Å². The van der Waals surface area contributed by atoms with E-state index in [9.17, 15) is 0 Å². The van der Waals surface area contributed by atoms with Crippen LogP contribution in [0, 0.1) is 0 Å². The summed E-state index contributed by atoms with van der Waals surface area (Å²) in [5, 5.41) is 4.81. The number of hydrogen-bond acceptors (Lipinski definition) is 3. The fraction of sp³-hybridized carbons (Fsp3) is 0.625. The smallest absolute Gasteiger partial charge is 0.172 e. The molecular formula is C16H25Cl2NO2. The summed E-state index contributed by atoms with van der Waals surface area (Å²) < 4.78 is 11.4. The van der Waals surface area contributed by atoms with Gasteiger partial charge in [0.1, 0.15) is 0 Å². The molecule has 0 heterocycles. The van der Waals surface area contributed by atoms with Crippen LogP contribution in [0.1, 0.15) is 32.8 Å². The Morgan fingerprint density at radius 2 is 1.76 bits per heavy atom. The number of rotatable bonds is 10. The molecule has 1 atom stereocenters. The van der Waals surface area contributed by atoms with Gasteiger partial charge in [-0.1, -0.05) is 36.2 Å². The molecule has 1 aromatic rings. The van der Waals surface area contributed by atoms with E-state index in [1.165, 1.54) is 0 Å². The Morgan fingerprint density at radius 3 is 2.29 bits per heavy atom. The average molecular weight is 334 g/mol. The van der Waals surface area contributed by atoms with Gasteiger partial charge in [0.15, 0.2) is 6.29 Å². The Labute approximate surface area is 137 Å². The first-order valence-electron chi connectivity index (χ1n) is 7.52. The Hall–Kier alpha value is -0.320. The Bertz CT molecular complexity index is 409. The first kappa shape index (κ1) is 18.7. The molecule has 1 rings (SSSR count). The summed E-state index contributed by atoms with van der Waals surface area (Å²) in [5.41, 5.74) is 1.04. The molecule has 0 saturated heterocycles. The standard InChI is InChI=1S/C16H25Cl2NO2/c1-4-9-19-15(16(20-5-2)21-6-3)10-12-7-8-13(17)11-14(12)18/h7-8,11,15-16,19H,4-6,9-10H2,1-3H3. The molecular weight excluding hydrogens is 309 g/mol. The normalized spacial score (nSPS) is 12.9. The molecule has 0 aliphatic rings. The highest BCUT2D eigenvalue weighted by Crippen LogP contribution is 2.23. The molecule has 21 heavy (non-hydrogen) atoms. The second-order valence-electron chi connectivity index (χ2n) is 4.78. The molecule has 1 aromatic carbocycles. The lowest BCUT2D eigenvalue weighted by Crippen LogP contribution is -2.45. The van der Waals surface area contributed by atoms with Crippen LogP contribution >= 0.6 is 23.2 Å². The van der Waals surface area contributed by atoms with Crippen molar-refractivity contribution in [3.05, 3.63) is 33.8 Å². The third-order valence-corrected chi connectivity index (χ3v) is 3.69. The van der Waals surface area contributed by atoms with Crippen molar-refractivity contribution in [2.75, 3.05) is 19.8 Å². The van der Waals surface area contributed by atoms with Crippen LogP contribution in [0.4, 0.5) is 0 Å². The van der Waals surface area contributed by atoms with Crippen LogP contribution in [-0.4, -0.2) is 32.1 Å². The first-order valence-corrected chi connectivity index (χ1v) is 8.28. The zero-order valence-electron chi connectivity index (χ0n) is 13.0. The topological polar surface area (TPSA) is 30.5 Å². The summed E-state index contributed by atoms with van der Waals surface area (Å²) >= 11 is 12.2. The van der Waals surface area contributed by atoms with Crippen LogP contribution in [0.2, 0.25) is 10.0 Å². The van der Waals surface area contributed by atoms with E-state index in [2.05, 4.69) is 12.2 Å². The highest BCUT2D eigenvalue weighted by molar-refractivity contribution is 6.35. The maximum absolute atomic E-state index is 6.27. The fourth-order valence-electron chi connectivity index (χ4n) is 2.13. The predicted octanol–water partition coefficient (Wildman–Crippen LogP) is 4.30. The highest BCUT2D eigenvalue weighted by Gasteiger charge is 2.23. The molecule has 0 bridgehead atoms. The minimum absolute atomic E-state index is 0.0588. The van der Waals surface area contributed by atoms with Gasteiger partial charge in [-0.15, -0.1) is 0 Å². The molecule has 0 aliphatic carbocycles. The van der Waals surface area contributed by atoms with Gasteiger partial charge in [0.2, 0.25) is 0 Å². The van der Waals surface area contributed by atoms with Crippen molar-refractivity contribution in [1.82, 2.24) is 5.32 Å². The molecule has 1 N–H and O–H groups in total. The fourth-order valence-corrected chi connectivity index (χ4v) is 2.61. The van der Waals surface area contributed by atoms with Crippen molar-refractivity contribution in [1.29, 1.82) is 0 Å². The molecule has 0 fully saturated rings. The second-order valence-corrected chi connectivity index (χ2v) is 5.62. The van der Waals surface area contributed by atoms with Gasteiger partial charge >= 0.3 is 0 Å². The van der Waals surface area contributed by atoms with E-state index in [4.69, 9.17) is 32.7 Å². The van der Waals surface area contributed by atoms with Crippen LogP contribution in [0.5, 0.6) is 0 Å². The third kappa shape index (κ3) is 6.54. The molecule has 0 spiro atoms. The lowest BCUT2D eigenvalue weighted by Gasteiger charge is -2.28. The van der Waals surface area contributed by atoms with Gasteiger partial charge in [0.05, 0.1) is 6.04 Å². The molecule has 0 aliphatic heterocycles. The Kier molecular flexibility index (Phi) is 9.29. The van der Waals surface area contributed by atoms with E-state index in [0.29, 0.717) is 23.3 Å². The summed E-state index contributed by atoms with van der Waals surface area (Å²) in [4.78, 5) is 0. The van der Waals surface area contributed by atoms with Crippen molar-refractivity contribution in [2.45, 2.75) is 45.9 Å². The number of halogens is 2. The van der Waals surface area contributed by atoms with Crippen molar-refractivity contribution in [3.63, 3.8) is 0 Å². The summed E-state index contributed by atoms with van der Waals surface area (Å²) in [5.74, 6) is 0. The number of nitrogens with one attached hydrogen (secondary N) is 1. The largest absolute Gasteiger partial charge is 0.351 e. The van der Waals surface area contributed by atoms with E-state index < -0.39 is 0 Å². The van der Waals surface area contributed by atoms with E-state index in [0.717, 1.165) is 24.9 Å². The van der Waals surface area contributed by atoms with Crippen LogP contribution in [0.15, 0.2) is 18.2 Å². The van der Waals surface area contributed by atoms with Crippen molar-refractivity contribution in [3.8, 4) is 0 Å². The Morgan fingerprint density at radius 1 is 1.10 bits per heavy atom. The first-order chi connectivity index (χ1) is 10.1. The monoisotopic (exact) mass is 333 g/mol. The molecule has 0 radical (unpaired) electrons. The SMILES string of the molecule is CCCNC(Cc1ccc(Cl)cc1Cl)C(OCC)OCC. The quantitative estimate of drug-likeness (QED) is 0.647. The van der Waals surface area contributed by atoms with Gasteiger partial charge in [0.25, 0.3) is 0 Å².